The minimum atomic E-state index is -0.187. The van der Waals surface area contributed by atoms with Crippen molar-refractivity contribution in [2.45, 2.75) is 65.8 Å². The van der Waals surface area contributed by atoms with Gasteiger partial charge in [0, 0.05) is 18.4 Å². The third-order valence-electron chi connectivity index (χ3n) is 5.40. The zero-order valence-electron chi connectivity index (χ0n) is 20.6. The van der Waals surface area contributed by atoms with Crippen LogP contribution in [0.25, 0.3) is 0 Å². The Bertz CT molecular complexity index is 860. The maximum Gasteiger partial charge on any atom is 0.319 e. The number of aliphatic imine (C=N–C) groups is 1. The Morgan fingerprint density at radius 1 is 0.969 bits per heavy atom. The zero-order chi connectivity index (χ0) is 23.7. The van der Waals surface area contributed by atoms with Gasteiger partial charge in [-0.05, 0) is 65.1 Å². The number of nitrogens with one attached hydrogen (secondary N) is 2. The Morgan fingerprint density at radius 2 is 1.56 bits per heavy atom. The quantitative estimate of drug-likeness (QED) is 0.411. The van der Waals surface area contributed by atoms with Crippen LogP contribution in [-0.4, -0.2) is 31.9 Å². The van der Waals surface area contributed by atoms with Gasteiger partial charge < -0.3 is 15.4 Å². The van der Waals surface area contributed by atoms with Crippen molar-refractivity contribution in [3.05, 3.63) is 59.2 Å². The molecule has 174 valence electrons. The number of amides is 2. The standard InChI is InChI=1S/C27H39N3O2/c1-18(2)15-22(28-16-21-11-13-23(32-7)14-12-21)17-29-27(31)30-26-24(19(3)4)9-8-10-25(26)20(5)6/h8-14,16,18-20,22H,15,17H2,1-7H3,(H2,29,30,31)/t22-/m0/s1. The maximum atomic E-state index is 12.8. The molecule has 1 atom stereocenters. The molecule has 0 heterocycles. The molecule has 5 heteroatoms. The normalized spacial score (nSPS) is 12.6. The van der Waals surface area contributed by atoms with Crippen LogP contribution in [0.4, 0.5) is 10.5 Å². The van der Waals surface area contributed by atoms with Gasteiger partial charge in [0.1, 0.15) is 5.75 Å². The smallest absolute Gasteiger partial charge is 0.319 e. The number of para-hydroxylation sites is 1. The van der Waals surface area contributed by atoms with Crippen molar-refractivity contribution in [2.75, 3.05) is 19.0 Å². The number of benzene rings is 2. The van der Waals surface area contributed by atoms with Gasteiger partial charge in [0.15, 0.2) is 0 Å². The Kier molecular flexibility index (Phi) is 9.76. The van der Waals surface area contributed by atoms with Crippen molar-refractivity contribution in [3.8, 4) is 5.75 Å². The number of carbonyl (C=O) groups excluding carboxylic acids is 1. The summed E-state index contributed by atoms with van der Waals surface area (Å²) in [6.07, 6.45) is 2.77. The highest BCUT2D eigenvalue weighted by molar-refractivity contribution is 5.91. The molecule has 2 amide bonds. The molecule has 0 aliphatic heterocycles. The van der Waals surface area contributed by atoms with Crippen molar-refractivity contribution >= 4 is 17.9 Å². The molecule has 2 aromatic carbocycles. The third kappa shape index (κ3) is 7.70. The van der Waals surface area contributed by atoms with Crippen molar-refractivity contribution < 1.29 is 9.53 Å². The number of nitrogens with zero attached hydrogens (tertiary/aromatic N) is 1. The van der Waals surface area contributed by atoms with Crippen LogP contribution in [0.5, 0.6) is 5.75 Å². The average Bonchev–Trinajstić information content (AvgIpc) is 2.75. The van der Waals surface area contributed by atoms with Gasteiger partial charge in [-0.2, -0.15) is 0 Å². The SMILES string of the molecule is COc1ccc(C=N[C@H](CNC(=O)Nc2c(C(C)C)cccc2C(C)C)CC(C)C)cc1. The number of anilines is 1. The van der Waals surface area contributed by atoms with Crippen molar-refractivity contribution in [3.63, 3.8) is 0 Å². The Labute approximate surface area is 193 Å². The number of rotatable bonds is 10. The second kappa shape index (κ2) is 12.3. The maximum absolute atomic E-state index is 12.8. The van der Waals surface area contributed by atoms with Crippen molar-refractivity contribution in [1.29, 1.82) is 0 Å². The second-order valence-electron chi connectivity index (χ2n) is 9.29. The van der Waals surface area contributed by atoms with Gasteiger partial charge in [-0.1, -0.05) is 59.7 Å². The van der Waals surface area contributed by atoms with E-state index in [1.165, 1.54) is 0 Å². The Hall–Kier alpha value is -2.82. The summed E-state index contributed by atoms with van der Waals surface area (Å²) in [7, 11) is 1.65. The minimum absolute atomic E-state index is 0.00719. The van der Waals surface area contributed by atoms with E-state index in [9.17, 15) is 4.79 Å². The molecule has 32 heavy (non-hydrogen) atoms. The van der Waals surface area contributed by atoms with Crippen LogP contribution in [0.1, 0.15) is 76.5 Å². The topological polar surface area (TPSA) is 62.7 Å². The van der Waals surface area contributed by atoms with Gasteiger partial charge in [0.05, 0.1) is 13.2 Å². The summed E-state index contributed by atoms with van der Waals surface area (Å²) < 4.78 is 5.21. The molecule has 0 saturated heterocycles. The lowest BCUT2D eigenvalue weighted by atomic mass is 9.93. The summed E-state index contributed by atoms with van der Waals surface area (Å²) in [6.45, 7) is 13.4. The second-order valence-corrected chi connectivity index (χ2v) is 9.29. The Balaban J connectivity index is 2.08. The van der Waals surface area contributed by atoms with E-state index in [4.69, 9.17) is 9.73 Å². The fourth-order valence-corrected chi connectivity index (χ4v) is 3.69. The van der Waals surface area contributed by atoms with Crippen LogP contribution in [0.3, 0.4) is 0 Å². The van der Waals surface area contributed by atoms with Crippen LogP contribution in [-0.2, 0) is 0 Å². The lowest BCUT2D eigenvalue weighted by Gasteiger charge is -2.21. The van der Waals surface area contributed by atoms with Gasteiger partial charge in [-0.3, -0.25) is 4.99 Å². The first-order chi connectivity index (χ1) is 15.2. The summed E-state index contributed by atoms with van der Waals surface area (Å²) in [6, 6.07) is 13.9. The average molecular weight is 438 g/mol. The fourth-order valence-electron chi connectivity index (χ4n) is 3.69. The van der Waals surface area contributed by atoms with Crippen LogP contribution in [0.2, 0.25) is 0 Å². The first-order valence-corrected chi connectivity index (χ1v) is 11.6. The van der Waals surface area contributed by atoms with Crippen LogP contribution in [0.15, 0.2) is 47.5 Å². The van der Waals surface area contributed by atoms with Crippen LogP contribution >= 0.6 is 0 Å². The summed E-state index contributed by atoms with van der Waals surface area (Å²) >= 11 is 0. The molecule has 5 nitrogen and oxygen atoms in total. The number of methoxy groups -OCH3 is 1. The molecule has 0 spiro atoms. The molecule has 2 rings (SSSR count). The molecule has 0 saturated carbocycles. The molecule has 2 aromatic rings. The van der Waals surface area contributed by atoms with Gasteiger partial charge in [0.2, 0.25) is 0 Å². The molecule has 0 fully saturated rings. The lowest BCUT2D eigenvalue weighted by Crippen LogP contribution is -2.35. The molecule has 0 unspecified atom stereocenters. The van der Waals surface area contributed by atoms with Gasteiger partial charge in [-0.15, -0.1) is 0 Å². The van der Waals surface area contributed by atoms with Gasteiger partial charge in [0.25, 0.3) is 0 Å². The highest BCUT2D eigenvalue weighted by atomic mass is 16.5. The molecular weight excluding hydrogens is 398 g/mol. The fraction of sp³-hybridized carbons (Fsp3) is 0.481. The number of carbonyl (C=O) groups is 1. The molecule has 0 aliphatic rings. The summed E-state index contributed by atoms with van der Waals surface area (Å²) in [5.41, 5.74) is 4.25. The van der Waals surface area contributed by atoms with E-state index in [1.54, 1.807) is 7.11 Å². The molecular formula is C27H39N3O2. The molecule has 0 aliphatic carbocycles. The van der Waals surface area contributed by atoms with Crippen LogP contribution < -0.4 is 15.4 Å². The predicted octanol–water partition coefficient (Wildman–Crippen LogP) is 6.60. The lowest BCUT2D eigenvalue weighted by molar-refractivity contribution is 0.251. The van der Waals surface area contributed by atoms with Gasteiger partial charge >= 0.3 is 6.03 Å². The number of hydrogen-bond acceptors (Lipinski definition) is 3. The summed E-state index contributed by atoms with van der Waals surface area (Å²) in [5.74, 6) is 1.95. The monoisotopic (exact) mass is 437 g/mol. The number of ether oxygens (including phenoxy) is 1. The van der Waals surface area contributed by atoms with Gasteiger partial charge in [-0.25, -0.2) is 4.79 Å². The van der Waals surface area contributed by atoms with E-state index in [2.05, 4.69) is 70.4 Å². The van der Waals surface area contributed by atoms with E-state index in [-0.39, 0.29) is 12.1 Å². The van der Waals surface area contributed by atoms with Crippen molar-refractivity contribution in [1.82, 2.24) is 5.32 Å². The summed E-state index contributed by atoms with van der Waals surface area (Å²) in [5, 5.41) is 6.16. The van der Waals surface area contributed by atoms with Crippen molar-refractivity contribution in [2.24, 2.45) is 10.9 Å². The molecule has 0 aromatic heterocycles. The highest BCUT2D eigenvalue weighted by Gasteiger charge is 2.17. The van der Waals surface area contributed by atoms with E-state index in [1.807, 2.05) is 30.5 Å². The Morgan fingerprint density at radius 3 is 2.06 bits per heavy atom. The zero-order valence-corrected chi connectivity index (χ0v) is 20.6. The molecule has 0 radical (unpaired) electrons. The molecule has 2 N–H and O–H groups in total. The highest BCUT2D eigenvalue weighted by Crippen LogP contribution is 2.32. The minimum Gasteiger partial charge on any atom is -0.497 e. The first-order valence-electron chi connectivity index (χ1n) is 11.6. The number of urea groups is 1. The summed E-state index contributed by atoms with van der Waals surface area (Å²) in [4.78, 5) is 17.6. The van der Waals surface area contributed by atoms with E-state index < -0.39 is 0 Å². The number of hydrogen-bond donors (Lipinski definition) is 2. The van der Waals surface area contributed by atoms with E-state index in [0.717, 1.165) is 34.5 Å². The molecule has 0 bridgehead atoms. The van der Waals surface area contributed by atoms with E-state index in [0.29, 0.717) is 24.3 Å². The first kappa shape index (κ1) is 25.4. The largest absolute Gasteiger partial charge is 0.497 e. The van der Waals surface area contributed by atoms with E-state index >= 15 is 0 Å². The predicted molar refractivity (Wildman–Crippen MR) is 135 cm³/mol. The third-order valence-corrected chi connectivity index (χ3v) is 5.40. The van der Waals surface area contributed by atoms with Crippen LogP contribution in [0, 0.1) is 5.92 Å².